The Morgan fingerprint density at radius 2 is 1.97 bits per heavy atom. The van der Waals surface area contributed by atoms with E-state index in [1.54, 1.807) is 18.2 Å². The van der Waals surface area contributed by atoms with Crippen molar-refractivity contribution in [2.45, 2.75) is 55.9 Å². The Morgan fingerprint density at radius 3 is 2.57 bits per heavy atom. The summed E-state index contributed by atoms with van der Waals surface area (Å²) in [5.41, 5.74) is -3.78. The molecule has 4 heterocycles. The Bertz CT molecular complexity index is 897. The second-order valence-corrected chi connectivity index (χ2v) is 9.77. The summed E-state index contributed by atoms with van der Waals surface area (Å²) < 4.78 is 66.0. The smallest absolute Gasteiger partial charge is 0.364 e. The summed E-state index contributed by atoms with van der Waals surface area (Å²) in [6, 6.07) is 4.65. The largest absolute Gasteiger partial charge is 0.446 e. The van der Waals surface area contributed by atoms with E-state index in [1.165, 1.54) is 11.4 Å². The lowest BCUT2D eigenvalue weighted by atomic mass is 10.0. The highest BCUT2D eigenvalue weighted by molar-refractivity contribution is 8.00. The van der Waals surface area contributed by atoms with Crippen molar-refractivity contribution >= 4 is 33.9 Å². The van der Waals surface area contributed by atoms with Crippen molar-refractivity contribution in [3.05, 3.63) is 23.9 Å². The molecule has 0 aromatic carbocycles. The third-order valence-electron chi connectivity index (χ3n) is 5.17. The first-order chi connectivity index (χ1) is 14.2. The van der Waals surface area contributed by atoms with Gasteiger partial charge < -0.3 is 5.32 Å². The number of fused-ring (bicyclic) bond motifs is 1. The van der Waals surface area contributed by atoms with Gasteiger partial charge in [-0.2, -0.15) is 18.3 Å². The predicted octanol–water partition coefficient (Wildman–Crippen LogP) is 4.24. The molecule has 2 atom stereocenters. The van der Waals surface area contributed by atoms with Crippen molar-refractivity contribution in [1.82, 2.24) is 14.5 Å². The van der Waals surface area contributed by atoms with E-state index in [0.29, 0.717) is 35.8 Å². The molecule has 0 spiro atoms. The van der Waals surface area contributed by atoms with Crippen LogP contribution in [0.1, 0.15) is 26.0 Å². The van der Waals surface area contributed by atoms with Crippen molar-refractivity contribution in [2.24, 2.45) is 0 Å². The van der Waals surface area contributed by atoms with Crippen molar-refractivity contribution in [2.75, 3.05) is 29.9 Å². The van der Waals surface area contributed by atoms with E-state index >= 15 is 0 Å². The average molecular weight is 467 g/mol. The van der Waals surface area contributed by atoms with E-state index in [1.807, 2.05) is 18.7 Å². The number of rotatable bonds is 4. The summed E-state index contributed by atoms with van der Waals surface area (Å²) in [6.45, 7) is 6.50. The number of halogens is 4. The van der Waals surface area contributed by atoms with Crippen LogP contribution in [0.4, 0.5) is 23.4 Å². The van der Waals surface area contributed by atoms with Crippen LogP contribution in [0.25, 0.3) is 5.52 Å². The van der Waals surface area contributed by atoms with Gasteiger partial charge in [-0.05, 0) is 37.2 Å². The summed E-state index contributed by atoms with van der Waals surface area (Å²) >= 11 is -0.185. The fourth-order valence-corrected chi connectivity index (χ4v) is 5.58. The van der Waals surface area contributed by atoms with Crippen LogP contribution in [0.15, 0.2) is 23.1 Å². The van der Waals surface area contributed by atoms with Gasteiger partial charge in [0.25, 0.3) is 0 Å². The lowest BCUT2D eigenvalue weighted by molar-refractivity contribution is -0.0328. The number of nitrogens with one attached hydrogen (secondary N) is 1. The van der Waals surface area contributed by atoms with Crippen molar-refractivity contribution < 1.29 is 21.8 Å². The van der Waals surface area contributed by atoms with Gasteiger partial charge in [-0.3, -0.25) is 9.11 Å². The SMILES string of the molecule is CC.Cc1nn2c(NC3CCN(C4CS(=O)C4)CC3F)cccc2c1SC(F)(F)F. The fraction of sp³-hybridized carbons (Fsp3) is 0.632. The molecule has 2 saturated heterocycles. The van der Waals surface area contributed by atoms with E-state index in [0.717, 1.165) is 0 Å². The Kier molecular flexibility index (Phi) is 7.34. The van der Waals surface area contributed by atoms with Crippen molar-refractivity contribution in [1.29, 1.82) is 0 Å². The molecule has 5 nitrogen and oxygen atoms in total. The molecule has 30 heavy (non-hydrogen) atoms. The molecular formula is C19H26F4N4OS2. The van der Waals surface area contributed by atoms with E-state index < -0.39 is 28.5 Å². The second-order valence-electron chi connectivity index (χ2n) is 7.15. The van der Waals surface area contributed by atoms with Crippen LogP contribution in [-0.2, 0) is 10.8 Å². The molecule has 2 aliphatic rings. The number of pyridine rings is 1. The predicted molar refractivity (Wildman–Crippen MR) is 113 cm³/mol. The second kappa shape index (κ2) is 9.44. The molecule has 4 rings (SSSR count). The first-order valence-corrected chi connectivity index (χ1v) is 12.3. The molecule has 2 unspecified atom stereocenters. The summed E-state index contributed by atoms with van der Waals surface area (Å²) in [6.07, 6.45) is -0.566. The van der Waals surface area contributed by atoms with Gasteiger partial charge in [0.2, 0.25) is 0 Å². The molecule has 2 fully saturated rings. The van der Waals surface area contributed by atoms with Gasteiger partial charge in [-0.15, -0.1) is 0 Å². The van der Waals surface area contributed by atoms with Gasteiger partial charge in [-0.25, -0.2) is 8.91 Å². The van der Waals surface area contributed by atoms with Crippen LogP contribution in [0.3, 0.4) is 0 Å². The summed E-state index contributed by atoms with van der Waals surface area (Å²) in [7, 11) is -0.772. The summed E-state index contributed by atoms with van der Waals surface area (Å²) in [5, 5.41) is 7.36. The molecule has 11 heteroatoms. The van der Waals surface area contributed by atoms with Crippen molar-refractivity contribution in [3.8, 4) is 0 Å². The zero-order valence-electron chi connectivity index (χ0n) is 17.1. The normalized spacial score (nSPS) is 27.3. The van der Waals surface area contributed by atoms with E-state index in [9.17, 15) is 21.8 Å². The summed E-state index contributed by atoms with van der Waals surface area (Å²) in [5.74, 6) is 1.69. The highest BCUT2D eigenvalue weighted by atomic mass is 32.2. The quantitative estimate of drug-likeness (QED) is 0.540. The maximum atomic E-state index is 14.7. The number of aryl methyl sites for hydroxylation is 1. The first-order valence-electron chi connectivity index (χ1n) is 9.95. The van der Waals surface area contributed by atoms with E-state index in [-0.39, 0.29) is 34.9 Å². The number of likely N-dealkylation sites (tertiary alicyclic amines) is 1. The van der Waals surface area contributed by atoms with Crippen LogP contribution in [-0.4, -0.2) is 67.1 Å². The highest BCUT2D eigenvalue weighted by Gasteiger charge is 2.38. The maximum absolute atomic E-state index is 14.7. The Labute approximate surface area is 180 Å². The van der Waals surface area contributed by atoms with E-state index in [2.05, 4.69) is 10.4 Å². The molecule has 2 aliphatic heterocycles. The minimum Gasteiger partial charge on any atom is -0.364 e. The number of piperidine rings is 1. The van der Waals surface area contributed by atoms with Crippen LogP contribution in [0.2, 0.25) is 0 Å². The Hall–Kier alpha value is -1.33. The number of anilines is 1. The highest BCUT2D eigenvalue weighted by Crippen LogP contribution is 2.41. The van der Waals surface area contributed by atoms with Gasteiger partial charge in [0.05, 0.1) is 22.1 Å². The average Bonchev–Trinajstić information content (AvgIpc) is 2.97. The molecule has 1 N–H and O–H groups in total. The molecule has 2 aromatic rings. The van der Waals surface area contributed by atoms with Crippen LogP contribution in [0.5, 0.6) is 0 Å². The third kappa shape index (κ3) is 5.11. The number of aromatic nitrogens is 2. The molecule has 2 aromatic heterocycles. The molecule has 0 bridgehead atoms. The molecule has 0 aliphatic carbocycles. The van der Waals surface area contributed by atoms with Gasteiger partial charge in [-0.1, -0.05) is 19.9 Å². The van der Waals surface area contributed by atoms with Crippen LogP contribution < -0.4 is 5.32 Å². The standard InChI is InChI=1S/C17H20F4N4OS2.C2H6/c1-10-16(27-17(19,20)21)14-3-2-4-15(25(14)23-10)22-13-5-6-24(7-12(13)18)11-8-28(26)9-11;1-2/h2-4,11-13,22H,5-9H2,1H3;1-2H3. The van der Waals surface area contributed by atoms with Gasteiger partial charge in [0.1, 0.15) is 12.0 Å². The molecule has 0 radical (unpaired) electrons. The fourth-order valence-electron chi connectivity index (χ4n) is 3.72. The molecule has 0 saturated carbocycles. The molecule has 0 amide bonds. The van der Waals surface area contributed by atoms with Gasteiger partial charge >= 0.3 is 5.51 Å². The topological polar surface area (TPSA) is 49.6 Å². The third-order valence-corrected chi connectivity index (χ3v) is 7.63. The lowest BCUT2D eigenvalue weighted by Gasteiger charge is -2.42. The van der Waals surface area contributed by atoms with Crippen LogP contribution >= 0.6 is 11.8 Å². The first kappa shape index (κ1) is 23.3. The van der Waals surface area contributed by atoms with Crippen LogP contribution in [0, 0.1) is 6.92 Å². The van der Waals surface area contributed by atoms with E-state index in [4.69, 9.17) is 0 Å². The zero-order chi connectivity index (χ0) is 22.1. The monoisotopic (exact) mass is 466 g/mol. The number of alkyl halides is 4. The number of hydrogen-bond donors (Lipinski definition) is 1. The number of hydrogen-bond acceptors (Lipinski definition) is 5. The molecular weight excluding hydrogens is 440 g/mol. The minimum atomic E-state index is -4.40. The van der Waals surface area contributed by atoms with Gasteiger partial charge in [0.15, 0.2) is 0 Å². The number of thioether (sulfide) groups is 1. The Balaban J connectivity index is 0.00000124. The lowest BCUT2D eigenvalue weighted by Crippen LogP contribution is -2.57. The summed E-state index contributed by atoms with van der Waals surface area (Å²) in [4.78, 5) is 2.10. The maximum Gasteiger partial charge on any atom is 0.446 e. The van der Waals surface area contributed by atoms with Crippen molar-refractivity contribution in [3.63, 3.8) is 0 Å². The zero-order valence-corrected chi connectivity index (χ0v) is 18.7. The Morgan fingerprint density at radius 1 is 1.27 bits per heavy atom. The minimum absolute atomic E-state index is 0.0563. The van der Waals surface area contributed by atoms with Gasteiger partial charge in [0, 0.05) is 41.4 Å². The molecule has 168 valence electrons. The number of nitrogens with zero attached hydrogens (tertiary/aromatic N) is 3.